The second kappa shape index (κ2) is 4.60. The van der Waals surface area contributed by atoms with Gasteiger partial charge in [0.1, 0.15) is 0 Å². The number of hydrogen-bond donors (Lipinski definition) is 2. The van der Waals surface area contributed by atoms with E-state index in [2.05, 4.69) is 15.3 Å². The summed E-state index contributed by atoms with van der Waals surface area (Å²) in [5.74, 6) is -0.763. The number of nitrogens with two attached hydrogens (primary N) is 1. The average Bonchev–Trinajstić information content (AvgIpc) is 1.89. The zero-order valence-electron chi connectivity index (χ0n) is 6.05. The zero-order chi connectivity index (χ0) is 7.98. The highest BCUT2D eigenvalue weighted by Gasteiger charge is 2.05. The lowest BCUT2D eigenvalue weighted by Crippen LogP contribution is -2.28. The molecule has 0 rings (SSSR count). The van der Waals surface area contributed by atoms with Gasteiger partial charge in [0.25, 0.3) is 0 Å². The van der Waals surface area contributed by atoms with Crippen molar-refractivity contribution in [3.05, 3.63) is 0 Å². The molecule has 0 aromatic rings. The molecule has 0 aromatic heterocycles. The lowest BCUT2D eigenvalue weighted by molar-refractivity contribution is -0.135. The number of rotatable bonds is 2. The van der Waals surface area contributed by atoms with Crippen LogP contribution >= 0.6 is 0 Å². The minimum atomic E-state index is -0.600. The van der Waals surface area contributed by atoms with Crippen LogP contribution < -0.4 is 11.2 Å². The van der Waals surface area contributed by atoms with E-state index in [0.29, 0.717) is 6.61 Å². The summed E-state index contributed by atoms with van der Waals surface area (Å²) in [5.41, 5.74) is 7.50. The van der Waals surface area contributed by atoms with Crippen LogP contribution in [0.15, 0.2) is 5.10 Å². The van der Waals surface area contributed by atoms with E-state index in [1.54, 1.807) is 14.0 Å². The van der Waals surface area contributed by atoms with Crippen LogP contribution in [0.2, 0.25) is 0 Å². The standard InChI is InChI=1S/C5H11N3O2/c1-3-10-5(9)4(6)8-7-2/h7H,3H2,1-2H3,(H2,6,8). The Balaban J connectivity index is 3.82. The minimum absolute atomic E-state index is 0.163. The van der Waals surface area contributed by atoms with Crippen LogP contribution in [-0.4, -0.2) is 25.5 Å². The summed E-state index contributed by atoms with van der Waals surface area (Å²) >= 11 is 0. The molecule has 0 amide bonds. The highest BCUT2D eigenvalue weighted by molar-refractivity contribution is 6.34. The van der Waals surface area contributed by atoms with Gasteiger partial charge in [0.2, 0.25) is 5.84 Å². The Morgan fingerprint density at radius 2 is 2.40 bits per heavy atom. The van der Waals surface area contributed by atoms with Crippen LogP contribution in [0.3, 0.4) is 0 Å². The van der Waals surface area contributed by atoms with Gasteiger partial charge in [-0.3, -0.25) is 0 Å². The molecular formula is C5H11N3O2. The van der Waals surface area contributed by atoms with Crippen molar-refractivity contribution >= 4 is 11.8 Å². The molecule has 0 saturated carbocycles. The minimum Gasteiger partial charge on any atom is -0.460 e. The first kappa shape index (κ1) is 8.74. The Labute approximate surface area is 59.2 Å². The lowest BCUT2D eigenvalue weighted by Gasteiger charge is -1.98. The molecule has 0 fully saturated rings. The number of nitrogens with zero attached hydrogens (tertiary/aromatic N) is 1. The summed E-state index contributed by atoms with van der Waals surface area (Å²) in [5, 5.41) is 3.41. The van der Waals surface area contributed by atoms with Crippen molar-refractivity contribution in [1.82, 2.24) is 5.43 Å². The molecule has 0 unspecified atom stereocenters. The largest absolute Gasteiger partial charge is 0.460 e. The monoisotopic (exact) mass is 145 g/mol. The Hall–Kier alpha value is -1.26. The maximum atomic E-state index is 10.6. The molecule has 0 atom stereocenters. The molecule has 5 nitrogen and oxygen atoms in total. The van der Waals surface area contributed by atoms with Gasteiger partial charge in [-0.15, -0.1) is 0 Å². The van der Waals surface area contributed by atoms with Crippen molar-refractivity contribution in [2.45, 2.75) is 6.92 Å². The predicted octanol–water partition coefficient (Wildman–Crippen LogP) is -0.959. The first-order chi connectivity index (χ1) is 4.72. The van der Waals surface area contributed by atoms with Crippen molar-refractivity contribution in [3.8, 4) is 0 Å². The number of hydrazone groups is 1. The van der Waals surface area contributed by atoms with E-state index < -0.39 is 5.97 Å². The Bertz CT molecular complexity index is 144. The molecule has 3 N–H and O–H groups in total. The van der Waals surface area contributed by atoms with Crippen molar-refractivity contribution in [3.63, 3.8) is 0 Å². The molecule has 0 aromatic carbocycles. The van der Waals surface area contributed by atoms with Crippen molar-refractivity contribution < 1.29 is 9.53 Å². The number of hydrogen-bond acceptors (Lipinski definition) is 4. The van der Waals surface area contributed by atoms with Gasteiger partial charge in [0, 0.05) is 7.05 Å². The van der Waals surface area contributed by atoms with E-state index in [1.807, 2.05) is 0 Å². The fourth-order valence-corrected chi connectivity index (χ4v) is 0.371. The van der Waals surface area contributed by atoms with Crippen LogP contribution in [0.5, 0.6) is 0 Å². The quantitative estimate of drug-likeness (QED) is 0.227. The molecule has 0 aliphatic carbocycles. The molecule has 5 heteroatoms. The molecule has 10 heavy (non-hydrogen) atoms. The molecule has 0 radical (unpaired) electrons. The van der Waals surface area contributed by atoms with Gasteiger partial charge in [-0.2, -0.15) is 5.10 Å². The normalized spacial score (nSPS) is 10.8. The fraction of sp³-hybridized carbons (Fsp3) is 0.600. The van der Waals surface area contributed by atoms with E-state index in [1.165, 1.54) is 0 Å². The Morgan fingerprint density at radius 3 is 2.80 bits per heavy atom. The van der Waals surface area contributed by atoms with Gasteiger partial charge in [-0.25, -0.2) is 4.79 Å². The van der Waals surface area contributed by atoms with Gasteiger partial charge >= 0.3 is 5.97 Å². The van der Waals surface area contributed by atoms with Crippen molar-refractivity contribution in [1.29, 1.82) is 0 Å². The Morgan fingerprint density at radius 1 is 1.80 bits per heavy atom. The van der Waals surface area contributed by atoms with Crippen LogP contribution in [0.1, 0.15) is 6.92 Å². The molecule has 0 heterocycles. The van der Waals surface area contributed by atoms with Gasteiger partial charge < -0.3 is 15.9 Å². The van der Waals surface area contributed by atoms with Crippen molar-refractivity contribution in [2.75, 3.05) is 13.7 Å². The zero-order valence-corrected chi connectivity index (χ0v) is 6.05. The first-order valence-corrected chi connectivity index (χ1v) is 2.89. The third-order valence-corrected chi connectivity index (χ3v) is 0.717. The van der Waals surface area contributed by atoms with E-state index >= 15 is 0 Å². The summed E-state index contributed by atoms with van der Waals surface area (Å²) < 4.78 is 4.52. The third-order valence-electron chi connectivity index (χ3n) is 0.717. The highest BCUT2D eigenvalue weighted by Crippen LogP contribution is 1.76. The van der Waals surface area contributed by atoms with Gasteiger partial charge in [0.15, 0.2) is 0 Å². The topological polar surface area (TPSA) is 76.7 Å². The number of carbonyl (C=O) groups is 1. The number of amidine groups is 1. The maximum absolute atomic E-state index is 10.6. The molecule has 0 saturated heterocycles. The second-order valence-electron chi connectivity index (χ2n) is 1.44. The third kappa shape index (κ3) is 2.91. The summed E-state index contributed by atoms with van der Waals surface area (Å²) in [4.78, 5) is 10.6. The van der Waals surface area contributed by atoms with E-state index in [-0.39, 0.29) is 5.84 Å². The average molecular weight is 145 g/mol. The summed E-state index contributed by atoms with van der Waals surface area (Å²) in [6, 6.07) is 0. The molecule has 0 aliphatic heterocycles. The molecule has 0 spiro atoms. The van der Waals surface area contributed by atoms with Crippen LogP contribution in [0.25, 0.3) is 0 Å². The molecule has 0 aliphatic rings. The van der Waals surface area contributed by atoms with Crippen LogP contribution in [0.4, 0.5) is 0 Å². The molecule has 58 valence electrons. The van der Waals surface area contributed by atoms with E-state index in [9.17, 15) is 4.79 Å². The molecule has 0 bridgehead atoms. The maximum Gasteiger partial charge on any atom is 0.375 e. The van der Waals surface area contributed by atoms with Crippen LogP contribution in [0, 0.1) is 0 Å². The second-order valence-corrected chi connectivity index (χ2v) is 1.44. The number of carbonyl (C=O) groups excluding carboxylic acids is 1. The lowest BCUT2D eigenvalue weighted by atomic mass is 10.6. The van der Waals surface area contributed by atoms with E-state index in [0.717, 1.165) is 0 Å². The van der Waals surface area contributed by atoms with Gasteiger partial charge in [-0.05, 0) is 6.92 Å². The van der Waals surface area contributed by atoms with Gasteiger partial charge in [0.05, 0.1) is 6.61 Å². The van der Waals surface area contributed by atoms with Crippen LogP contribution in [-0.2, 0) is 9.53 Å². The smallest absolute Gasteiger partial charge is 0.375 e. The van der Waals surface area contributed by atoms with E-state index in [4.69, 9.17) is 5.73 Å². The number of nitrogens with one attached hydrogen (secondary N) is 1. The number of esters is 1. The fourth-order valence-electron chi connectivity index (χ4n) is 0.371. The van der Waals surface area contributed by atoms with Gasteiger partial charge in [-0.1, -0.05) is 0 Å². The summed E-state index contributed by atoms with van der Waals surface area (Å²) in [6.07, 6.45) is 0. The Kier molecular flexibility index (Phi) is 4.02. The summed E-state index contributed by atoms with van der Waals surface area (Å²) in [6.45, 7) is 2.00. The van der Waals surface area contributed by atoms with Crippen molar-refractivity contribution in [2.24, 2.45) is 10.8 Å². The highest BCUT2D eigenvalue weighted by atomic mass is 16.5. The SMILES string of the molecule is CCOC(=O)/C(N)=N/NC. The summed E-state index contributed by atoms with van der Waals surface area (Å²) in [7, 11) is 1.55. The number of ether oxygens (including phenoxy) is 1. The predicted molar refractivity (Wildman–Crippen MR) is 37.3 cm³/mol. The molecular weight excluding hydrogens is 134 g/mol. The first-order valence-electron chi connectivity index (χ1n) is 2.89.